The summed E-state index contributed by atoms with van der Waals surface area (Å²) in [6.45, 7) is 7.82. The molecule has 86 valence electrons. The summed E-state index contributed by atoms with van der Waals surface area (Å²) in [5, 5.41) is 4.50. The van der Waals surface area contributed by atoms with Crippen molar-refractivity contribution in [2.75, 3.05) is 6.61 Å². The number of aromatic nitrogens is 2. The van der Waals surface area contributed by atoms with E-state index in [1.807, 2.05) is 10.9 Å². The van der Waals surface area contributed by atoms with Crippen molar-refractivity contribution in [1.29, 1.82) is 0 Å². The van der Waals surface area contributed by atoms with Crippen LogP contribution in [0.1, 0.15) is 45.3 Å². The maximum atomic E-state index is 5.47. The lowest BCUT2D eigenvalue weighted by Gasteiger charge is -2.07. The summed E-state index contributed by atoms with van der Waals surface area (Å²) in [5.74, 6) is 0. The molecule has 4 heteroatoms. The van der Waals surface area contributed by atoms with Crippen molar-refractivity contribution >= 4 is 15.9 Å². The van der Waals surface area contributed by atoms with Crippen molar-refractivity contribution in [1.82, 2.24) is 9.78 Å². The van der Waals surface area contributed by atoms with Crippen LogP contribution in [0.25, 0.3) is 0 Å². The average Bonchev–Trinajstić information content (AvgIpc) is 2.60. The first kappa shape index (κ1) is 12.7. The molecule has 0 unspecified atom stereocenters. The summed E-state index contributed by atoms with van der Waals surface area (Å²) in [6.07, 6.45) is 4.16. The van der Waals surface area contributed by atoms with Crippen LogP contribution < -0.4 is 0 Å². The molecule has 0 fully saturated rings. The third-order valence-corrected chi connectivity index (χ3v) is 3.05. The van der Waals surface area contributed by atoms with Gasteiger partial charge in [0.25, 0.3) is 0 Å². The molecule has 0 amide bonds. The van der Waals surface area contributed by atoms with Crippen LogP contribution in [0.3, 0.4) is 0 Å². The molecule has 1 aromatic heterocycles. The standard InChI is InChI=1S/C11H19BrN2O/c1-4-6-15-8-11-10(12)7-14(13-11)9(3)5-2/h7,9H,4-6,8H2,1-3H3/t9-/m1/s1. The highest BCUT2D eigenvalue weighted by Gasteiger charge is 2.09. The molecule has 0 aromatic carbocycles. The van der Waals surface area contributed by atoms with Gasteiger partial charge in [-0.1, -0.05) is 13.8 Å². The summed E-state index contributed by atoms with van der Waals surface area (Å²) in [7, 11) is 0. The lowest BCUT2D eigenvalue weighted by Crippen LogP contribution is -2.05. The van der Waals surface area contributed by atoms with Gasteiger partial charge in [0.1, 0.15) is 5.69 Å². The second-order valence-corrected chi connectivity index (χ2v) is 4.57. The Kier molecular flexibility index (Phi) is 5.32. The van der Waals surface area contributed by atoms with Gasteiger partial charge >= 0.3 is 0 Å². The monoisotopic (exact) mass is 274 g/mol. The SMILES string of the molecule is CCCOCc1nn([C@H](C)CC)cc1Br. The van der Waals surface area contributed by atoms with Crippen LogP contribution >= 0.6 is 15.9 Å². The molecule has 1 atom stereocenters. The van der Waals surface area contributed by atoms with E-state index in [2.05, 4.69) is 41.8 Å². The van der Waals surface area contributed by atoms with E-state index in [4.69, 9.17) is 4.74 Å². The smallest absolute Gasteiger partial charge is 0.102 e. The van der Waals surface area contributed by atoms with Gasteiger partial charge in [-0.3, -0.25) is 4.68 Å². The molecule has 0 saturated heterocycles. The average molecular weight is 275 g/mol. The number of ether oxygens (including phenoxy) is 1. The Morgan fingerprint density at radius 2 is 2.27 bits per heavy atom. The van der Waals surface area contributed by atoms with Gasteiger partial charge in [-0.05, 0) is 35.7 Å². The first-order chi connectivity index (χ1) is 7.19. The molecule has 0 N–H and O–H groups in total. The van der Waals surface area contributed by atoms with Gasteiger partial charge in [0, 0.05) is 18.8 Å². The number of hydrogen-bond donors (Lipinski definition) is 0. The van der Waals surface area contributed by atoms with Gasteiger partial charge in [-0.15, -0.1) is 0 Å². The molecule has 0 aliphatic heterocycles. The van der Waals surface area contributed by atoms with Crippen LogP contribution in [0.2, 0.25) is 0 Å². The van der Waals surface area contributed by atoms with E-state index in [1.165, 1.54) is 0 Å². The molecule has 0 bridgehead atoms. The summed E-state index contributed by atoms with van der Waals surface area (Å²) < 4.78 is 8.51. The van der Waals surface area contributed by atoms with E-state index in [-0.39, 0.29) is 0 Å². The Labute approximate surface area is 99.9 Å². The summed E-state index contributed by atoms with van der Waals surface area (Å²) in [6, 6.07) is 0.446. The lowest BCUT2D eigenvalue weighted by atomic mass is 10.3. The number of nitrogens with zero attached hydrogens (tertiary/aromatic N) is 2. The van der Waals surface area contributed by atoms with E-state index in [9.17, 15) is 0 Å². The lowest BCUT2D eigenvalue weighted by molar-refractivity contribution is 0.118. The number of rotatable bonds is 6. The normalized spacial score (nSPS) is 13.1. The van der Waals surface area contributed by atoms with Crippen molar-refractivity contribution in [3.05, 3.63) is 16.4 Å². The highest BCUT2D eigenvalue weighted by Crippen LogP contribution is 2.19. The van der Waals surface area contributed by atoms with Gasteiger partial charge in [0.05, 0.1) is 11.1 Å². The van der Waals surface area contributed by atoms with Gasteiger partial charge in [0.2, 0.25) is 0 Å². The molecule has 1 heterocycles. The fraction of sp³-hybridized carbons (Fsp3) is 0.727. The first-order valence-electron chi connectivity index (χ1n) is 5.50. The zero-order valence-corrected chi connectivity index (χ0v) is 11.2. The Balaban J connectivity index is 2.60. The first-order valence-corrected chi connectivity index (χ1v) is 6.29. The third-order valence-electron chi connectivity index (χ3n) is 2.39. The molecular weight excluding hydrogens is 256 g/mol. The Bertz CT molecular complexity index is 299. The zero-order valence-electron chi connectivity index (χ0n) is 9.66. The van der Waals surface area contributed by atoms with E-state index < -0.39 is 0 Å². The molecule has 1 rings (SSSR count). The minimum absolute atomic E-state index is 0.446. The van der Waals surface area contributed by atoms with Gasteiger partial charge in [-0.2, -0.15) is 5.10 Å². The highest BCUT2D eigenvalue weighted by molar-refractivity contribution is 9.10. The van der Waals surface area contributed by atoms with Crippen LogP contribution in [0.15, 0.2) is 10.7 Å². The molecule has 15 heavy (non-hydrogen) atoms. The van der Waals surface area contributed by atoms with Crippen molar-refractivity contribution in [2.24, 2.45) is 0 Å². The molecule has 0 aliphatic carbocycles. The second-order valence-electron chi connectivity index (χ2n) is 3.71. The van der Waals surface area contributed by atoms with E-state index in [0.717, 1.165) is 29.6 Å². The number of halogens is 1. The fourth-order valence-corrected chi connectivity index (χ4v) is 1.63. The van der Waals surface area contributed by atoms with Crippen molar-refractivity contribution in [3.63, 3.8) is 0 Å². The molecule has 0 radical (unpaired) electrons. The predicted octanol–water partition coefficient (Wildman–Crippen LogP) is 3.54. The molecule has 0 spiro atoms. The minimum atomic E-state index is 0.446. The second kappa shape index (κ2) is 6.28. The fourth-order valence-electron chi connectivity index (χ4n) is 1.23. The molecule has 0 aliphatic rings. The summed E-state index contributed by atoms with van der Waals surface area (Å²) >= 11 is 3.50. The van der Waals surface area contributed by atoms with Crippen molar-refractivity contribution in [2.45, 2.75) is 46.3 Å². The molecular formula is C11H19BrN2O. The predicted molar refractivity (Wildman–Crippen MR) is 64.9 cm³/mol. The van der Waals surface area contributed by atoms with Crippen LogP contribution in [-0.4, -0.2) is 16.4 Å². The minimum Gasteiger partial charge on any atom is -0.375 e. The zero-order chi connectivity index (χ0) is 11.3. The Morgan fingerprint density at radius 1 is 1.53 bits per heavy atom. The van der Waals surface area contributed by atoms with E-state index in [0.29, 0.717) is 12.6 Å². The van der Waals surface area contributed by atoms with Gasteiger partial charge < -0.3 is 4.74 Å². The maximum absolute atomic E-state index is 5.47. The maximum Gasteiger partial charge on any atom is 0.102 e. The third kappa shape index (κ3) is 3.61. The van der Waals surface area contributed by atoms with E-state index >= 15 is 0 Å². The quantitative estimate of drug-likeness (QED) is 0.742. The van der Waals surface area contributed by atoms with Crippen molar-refractivity contribution < 1.29 is 4.74 Å². The molecule has 0 saturated carbocycles. The number of hydrogen-bond acceptors (Lipinski definition) is 2. The van der Waals surface area contributed by atoms with Crippen LogP contribution in [0, 0.1) is 0 Å². The molecule has 1 aromatic rings. The Morgan fingerprint density at radius 3 is 2.87 bits per heavy atom. The topological polar surface area (TPSA) is 27.1 Å². The molecule has 3 nitrogen and oxygen atoms in total. The van der Waals surface area contributed by atoms with E-state index in [1.54, 1.807) is 0 Å². The van der Waals surface area contributed by atoms with Gasteiger partial charge in [0.15, 0.2) is 0 Å². The highest BCUT2D eigenvalue weighted by atomic mass is 79.9. The largest absolute Gasteiger partial charge is 0.375 e. The summed E-state index contributed by atoms with van der Waals surface area (Å²) in [4.78, 5) is 0. The van der Waals surface area contributed by atoms with Crippen LogP contribution in [0.5, 0.6) is 0 Å². The van der Waals surface area contributed by atoms with Crippen LogP contribution in [0.4, 0.5) is 0 Å². The summed E-state index contributed by atoms with van der Waals surface area (Å²) in [5.41, 5.74) is 0.990. The Hall–Kier alpha value is -0.350. The van der Waals surface area contributed by atoms with Crippen LogP contribution in [-0.2, 0) is 11.3 Å². The van der Waals surface area contributed by atoms with Crippen molar-refractivity contribution in [3.8, 4) is 0 Å². The van der Waals surface area contributed by atoms with Gasteiger partial charge in [-0.25, -0.2) is 0 Å².